The van der Waals surface area contributed by atoms with Gasteiger partial charge in [-0.05, 0) is 36.8 Å². The van der Waals surface area contributed by atoms with Crippen LogP contribution in [0.25, 0.3) is 10.2 Å². The predicted molar refractivity (Wildman–Crippen MR) is 117 cm³/mol. The zero-order chi connectivity index (χ0) is 20.2. The molecule has 3 heterocycles. The number of nitrogens with zero attached hydrogens (tertiary/aromatic N) is 3. The van der Waals surface area contributed by atoms with E-state index in [2.05, 4.69) is 12.1 Å². The van der Waals surface area contributed by atoms with Crippen LogP contribution in [0.3, 0.4) is 0 Å². The Morgan fingerprint density at radius 2 is 2.00 bits per heavy atom. The molecule has 29 heavy (non-hydrogen) atoms. The quantitative estimate of drug-likeness (QED) is 0.440. The summed E-state index contributed by atoms with van der Waals surface area (Å²) in [5.74, 6) is 0.755. The van der Waals surface area contributed by atoms with Crippen LogP contribution >= 0.6 is 23.1 Å². The van der Waals surface area contributed by atoms with Crippen LogP contribution in [0.2, 0.25) is 0 Å². The molecule has 0 saturated carbocycles. The van der Waals surface area contributed by atoms with Crippen LogP contribution < -0.4 is 5.56 Å². The summed E-state index contributed by atoms with van der Waals surface area (Å²) in [5.41, 5.74) is 1.98. The summed E-state index contributed by atoms with van der Waals surface area (Å²) in [6.07, 6.45) is 1.16. The number of amides is 1. The molecule has 0 radical (unpaired) electrons. The molecule has 0 aliphatic carbocycles. The lowest BCUT2D eigenvalue weighted by molar-refractivity contribution is 0.0915. The lowest BCUT2D eigenvalue weighted by Gasteiger charge is -2.32. The Balaban J connectivity index is 1.60. The van der Waals surface area contributed by atoms with Crippen LogP contribution in [0.4, 0.5) is 4.79 Å². The molecule has 2 aromatic heterocycles. The summed E-state index contributed by atoms with van der Waals surface area (Å²) in [5, 5.41) is 2.66. The highest BCUT2D eigenvalue weighted by molar-refractivity contribution is 7.98. The Kier molecular flexibility index (Phi) is 6.20. The van der Waals surface area contributed by atoms with E-state index in [9.17, 15) is 9.59 Å². The van der Waals surface area contributed by atoms with E-state index in [0.717, 1.165) is 29.3 Å². The van der Waals surface area contributed by atoms with Crippen molar-refractivity contribution in [2.75, 3.05) is 19.7 Å². The first-order chi connectivity index (χ1) is 14.2. The Bertz CT molecular complexity index is 1040. The Labute approximate surface area is 177 Å². The van der Waals surface area contributed by atoms with Crippen LogP contribution in [0, 0.1) is 0 Å². The van der Waals surface area contributed by atoms with Gasteiger partial charge < -0.3 is 9.64 Å². The van der Waals surface area contributed by atoms with Gasteiger partial charge in [-0.3, -0.25) is 9.36 Å². The van der Waals surface area contributed by atoms with Crippen molar-refractivity contribution in [3.05, 3.63) is 57.7 Å². The minimum absolute atomic E-state index is 0.0233. The number of rotatable bonds is 5. The van der Waals surface area contributed by atoms with Gasteiger partial charge in [0.1, 0.15) is 4.70 Å². The summed E-state index contributed by atoms with van der Waals surface area (Å²) >= 11 is 3.03. The van der Waals surface area contributed by atoms with Crippen LogP contribution in [-0.4, -0.2) is 40.2 Å². The van der Waals surface area contributed by atoms with Gasteiger partial charge in [0.25, 0.3) is 5.56 Å². The average molecular weight is 430 g/mol. The van der Waals surface area contributed by atoms with Crippen molar-refractivity contribution >= 4 is 39.4 Å². The van der Waals surface area contributed by atoms with Gasteiger partial charge in [0, 0.05) is 24.9 Å². The number of ether oxygens (including phenoxy) is 1. The number of likely N-dealkylation sites (tertiary alicyclic amines) is 1. The predicted octanol–water partition coefficient (Wildman–Crippen LogP) is 4.54. The number of carbonyl (C=O) groups is 1. The normalized spacial score (nSPS) is 15.0. The van der Waals surface area contributed by atoms with Crippen LogP contribution in [0.1, 0.15) is 31.4 Å². The van der Waals surface area contributed by atoms with E-state index in [1.165, 1.54) is 16.9 Å². The summed E-state index contributed by atoms with van der Waals surface area (Å²) < 4.78 is 7.66. The molecule has 152 valence electrons. The summed E-state index contributed by atoms with van der Waals surface area (Å²) in [7, 11) is 0. The molecule has 1 saturated heterocycles. The van der Waals surface area contributed by atoms with Gasteiger partial charge in [-0.1, -0.05) is 42.1 Å². The van der Waals surface area contributed by atoms with Crippen LogP contribution in [-0.2, 0) is 10.5 Å². The highest BCUT2D eigenvalue weighted by Crippen LogP contribution is 2.30. The third kappa shape index (κ3) is 4.33. The zero-order valence-electron chi connectivity index (χ0n) is 16.2. The molecule has 0 atom stereocenters. The third-order valence-corrected chi connectivity index (χ3v) is 6.96. The number of carbonyl (C=O) groups excluding carboxylic acids is 1. The number of hydrogen-bond donors (Lipinski definition) is 0. The van der Waals surface area contributed by atoms with E-state index >= 15 is 0 Å². The fourth-order valence-electron chi connectivity index (χ4n) is 3.57. The summed E-state index contributed by atoms with van der Waals surface area (Å²) in [6.45, 7) is 3.35. The van der Waals surface area contributed by atoms with E-state index in [0.29, 0.717) is 24.4 Å². The maximum atomic E-state index is 13.3. The fourth-order valence-corrected chi connectivity index (χ4v) is 5.36. The number of fused-ring (bicyclic) bond motifs is 1. The molecular formula is C21H23N3O3S2. The van der Waals surface area contributed by atoms with Gasteiger partial charge in [0.2, 0.25) is 0 Å². The molecule has 1 aliphatic rings. The van der Waals surface area contributed by atoms with Gasteiger partial charge in [0.15, 0.2) is 5.16 Å². The smallest absolute Gasteiger partial charge is 0.409 e. The molecule has 1 aromatic carbocycles. The fraction of sp³-hybridized carbons (Fsp3) is 0.381. The molecule has 8 heteroatoms. The Morgan fingerprint density at radius 3 is 2.72 bits per heavy atom. The van der Waals surface area contributed by atoms with Crippen LogP contribution in [0.15, 0.2) is 51.7 Å². The molecular weight excluding hydrogens is 406 g/mol. The minimum Gasteiger partial charge on any atom is -0.450 e. The lowest BCUT2D eigenvalue weighted by Crippen LogP contribution is -2.41. The zero-order valence-corrected chi connectivity index (χ0v) is 17.9. The SMILES string of the molecule is CCOC(=O)N1CCC(n2c(SCc3ccccc3)nc3ccsc3c2=O)CC1. The van der Waals surface area contributed by atoms with Crippen LogP contribution in [0.5, 0.6) is 0 Å². The molecule has 0 spiro atoms. The number of thioether (sulfide) groups is 1. The highest BCUT2D eigenvalue weighted by atomic mass is 32.2. The molecule has 1 aliphatic heterocycles. The van der Waals surface area contributed by atoms with Crippen molar-refractivity contribution in [3.8, 4) is 0 Å². The monoisotopic (exact) mass is 429 g/mol. The van der Waals surface area contributed by atoms with Gasteiger partial charge in [-0.25, -0.2) is 9.78 Å². The van der Waals surface area contributed by atoms with E-state index in [1.54, 1.807) is 16.7 Å². The summed E-state index contributed by atoms with van der Waals surface area (Å²) in [6, 6.07) is 12.1. The molecule has 0 N–H and O–H groups in total. The Hall–Kier alpha value is -2.32. The number of hydrogen-bond acceptors (Lipinski definition) is 6. The summed E-state index contributed by atoms with van der Waals surface area (Å²) in [4.78, 5) is 31.8. The molecule has 1 amide bonds. The van der Waals surface area contributed by atoms with Crippen molar-refractivity contribution in [1.82, 2.24) is 14.5 Å². The maximum Gasteiger partial charge on any atom is 0.409 e. The molecule has 6 nitrogen and oxygen atoms in total. The van der Waals surface area contributed by atoms with Gasteiger partial charge in [0.05, 0.1) is 12.1 Å². The first kappa shape index (κ1) is 20.0. The van der Waals surface area contributed by atoms with Crippen molar-refractivity contribution in [2.45, 2.75) is 36.7 Å². The number of thiophene rings is 1. The van der Waals surface area contributed by atoms with Crippen molar-refractivity contribution in [1.29, 1.82) is 0 Å². The number of aromatic nitrogens is 2. The molecule has 3 aromatic rings. The van der Waals surface area contributed by atoms with E-state index in [4.69, 9.17) is 9.72 Å². The maximum absolute atomic E-state index is 13.3. The van der Waals surface area contributed by atoms with Crippen molar-refractivity contribution in [2.24, 2.45) is 0 Å². The molecule has 1 fully saturated rings. The number of benzene rings is 1. The lowest BCUT2D eigenvalue weighted by atomic mass is 10.1. The topological polar surface area (TPSA) is 64.4 Å². The molecule has 0 unspecified atom stereocenters. The van der Waals surface area contributed by atoms with E-state index in [1.807, 2.05) is 41.1 Å². The minimum atomic E-state index is -0.274. The Morgan fingerprint density at radius 1 is 1.24 bits per heavy atom. The third-order valence-electron chi connectivity index (χ3n) is 5.05. The van der Waals surface area contributed by atoms with Crippen molar-refractivity contribution < 1.29 is 9.53 Å². The standard InChI is InChI=1S/C21H23N3O3S2/c1-2-27-21(26)23-11-8-16(9-12-23)24-19(25)18-17(10-13-28-18)22-20(24)29-14-15-6-4-3-5-7-15/h3-7,10,13,16H,2,8-9,11-12,14H2,1H3. The van der Waals surface area contributed by atoms with E-state index < -0.39 is 0 Å². The molecule has 4 rings (SSSR count). The second kappa shape index (κ2) is 9.00. The van der Waals surface area contributed by atoms with E-state index in [-0.39, 0.29) is 17.7 Å². The second-order valence-electron chi connectivity index (χ2n) is 6.90. The molecule has 0 bridgehead atoms. The number of piperidine rings is 1. The van der Waals surface area contributed by atoms with Gasteiger partial charge in [-0.2, -0.15) is 0 Å². The first-order valence-corrected chi connectivity index (χ1v) is 11.6. The van der Waals surface area contributed by atoms with Gasteiger partial charge >= 0.3 is 6.09 Å². The largest absolute Gasteiger partial charge is 0.450 e. The van der Waals surface area contributed by atoms with Gasteiger partial charge in [-0.15, -0.1) is 11.3 Å². The highest BCUT2D eigenvalue weighted by Gasteiger charge is 2.27. The first-order valence-electron chi connectivity index (χ1n) is 9.75. The average Bonchev–Trinajstić information content (AvgIpc) is 3.22. The van der Waals surface area contributed by atoms with Crippen molar-refractivity contribution in [3.63, 3.8) is 0 Å². The second-order valence-corrected chi connectivity index (χ2v) is 8.75.